The molecule has 3 fully saturated rings. The van der Waals surface area contributed by atoms with Crippen LogP contribution in [0.1, 0.15) is 32.6 Å². The molecular weight excluding hydrogens is 298 g/mol. The highest BCUT2D eigenvalue weighted by Gasteiger charge is 2.51. The SMILES string of the molecule is CCOC1(C(=O)N2CC(N3CC(C(=O)NC)CC3=O)C2)CCC1. The van der Waals surface area contributed by atoms with Gasteiger partial charge in [0, 0.05) is 39.7 Å². The van der Waals surface area contributed by atoms with Gasteiger partial charge in [0.2, 0.25) is 11.8 Å². The fraction of sp³-hybridized carbons (Fsp3) is 0.812. The van der Waals surface area contributed by atoms with Crippen LogP contribution in [0.5, 0.6) is 0 Å². The predicted molar refractivity (Wildman–Crippen MR) is 82.5 cm³/mol. The summed E-state index contributed by atoms with van der Waals surface area (Å²) >= 11 is 0. The summed E-state index contributed by atoms with van der Waals surface area (Å²) in [6, 6.07) is 0.0415. The van der Waals surface area contributed by atoms with Gasteiger partial charge in [0.05, 0.1) is 12.0 Å². The summed E-state index contributed by atoms with van der Waals surface area (Å²) in [5, 5.41) is 2.60. The first-order chi connectivity index (χ1) is 11.0. The quantitative estimate of drug-likeness (QED) is 0.757. The second-order valence-corrected chi connectivity index (χ2v) is 6.71. The maximum atomic E-state index is 12.6. The third kappa shape index (κ3) is 2.71. The van der Waals surface area contributed by atoms with E-state index in [2.05, 4.69) is 5.32 Å². The molecule has 23 heavy (non-hydrogen) atoms. The Morgan fingerprint density at radius 1 is 1.30 bits per heavy atom. The van der Waals surface area contributed by atoms with Crippen molar-refractivity contribution in [3.05, 3.63) is 0 Å². The summed E-state index contributed by atoms with van der Waals surface area (Å²) in [4.78, 5) is 40.0. The van der Waals surface area contributed by atoms with Gasteiger partial charge < -0.3 is 19.9 Å². The van der Waals surface area contributed by atoms with Crippen molar-refractivity contribution < 1.29 is 19.1 Å². The molecule has 2 heterocycles. The summed E-state index contributed by atoms with van der Waals surface area (Å²) < 4.78 is 5.70. The van der Waals surface area contributed by atoms with Gasteiger partial charge in [-0.3, -0.25) is 14.4 Å². The molecule has 0 aromatic heterocycles. The van der Waals surface area contributed by atoms with Crippen LogP contribution in [0.25, 0.3) is 0 Å². The van der Waals surface area contributed by atoms with E-state index in [0.29, 0.717) is 26.2 Å². The molecule has 3 rings (SSSR count). The Balaban J connectivity index is 1.54. The van der Waals surface area contributed by atoms with Crippen LogP contribution in [0.15, 0.2) is 0 Å². The fourth-order valence-electron chi connectivity index (χ4n) is 3.76. The number of likely N-dealkylation sites (tertiary alicyclic amines) is 2. The van der Waals surface area contributed by atoms with Crippen LogP contribution in [-0.2, 0) is 19.1 Å². The molecular formula is C16H25N3O4. The average Bonchev–Trinajstić information content (AvgIpc) is 2.82. The number of hydrogen-bond donors (Lipinski definition) is 1. The van der Waals surface area contributed by atoms with Gasteiger partial charge in [-0.15, -0.1) is 0 Å². The zero-order valence-electron chi connectivity index (χ0n) is 13.8. The third-order valence-electron chi connectivity index (χ3n) is 5.34. The molecule has 0 spiro atoms. The second-order valence-electron chi connectivity index (χ2n) is 6.71. The Bertz CT molecular complexity index is 511. The standard InChI is InChI=1S/C16H25N3O4/c1-3-23-16(5-4-6-16)15(22)18-9-12(10-18)19-8-11(7-13(19)20)14(21)17-2/h11-12H,3-10H2,1-2H3,(H,17,21). The largest absolute Gasteiger partial charge is 0.365 e. The van der Waals surface area contributed by atoms with Gasteiger partial charge in [0.25, 0.3) is 5.91 Å². The van der Waals surface area contributed by atoms with Gasteiger partial charge in [-0.25, -0.2) is 0 Å². The van der Waals surface area contributed by atoms with E-state index < -0.39 is 5.60 Å². The molecule has 3 amide bonds. The molecule has 2 aliphatic heterocycles. The minimum atomic E-state index is -0.612. The minimum Gasteiger partial charge on any atom is -0.365 e. The lowest BCUT2D eigenvalue weighted by molar-refractivity contribution is -0.178. The average molecular weight is 323 g/mol. The molecule has 7 nitrogen and oxygen atoms in total. The maximum Gasteiger partial charge on any atom is 0.254 e. The maximum absolute atomic E-state index is 12.6. The van der Waals surface area contributed by atoms with Crippen LogP contribution in [0.3, 0.4) is 0 Å². The number of hydrogen-bond acceptors (Lipinski definition) is 4. The van der Waals surface area contributed by atoms with E-state index in [1.165, 1.54) is 0 Å². The first-order valence-corrected chi connectivity index (χ1v) is 8.45. The van der Waals surface area contributed by atoms with Crippen molar-refractivity contribution in [3.63, 3.8) is 0 Å². The molecule has 128 valence electrons. The Labute approximate surface area is 136 Å². The van der Waals surface area contributed by atoms with E-state index in [1.54, 1.807) is 16.8 Å². The number of ether oxygens (including phenoxy) is 1. The zero-order valence-corrected chi connectivity index (χ0v) is 13.8. The number of rotatable bonds is 5. The summed E-state index contributed by atoms with van der Waals surface area (Å²) in [7, 11) is 1.59. The molecule has 1 saturated carbocycles. The van der Waals surface area contributed by atoms with E-state index in [-0.39, 0.29) is 36.1 Å². The molecule has 7 heteroatoms. The highest BCUT2D eigenvalue weighted by molar-refractivity contribution is 5.90. The summed E-state index contributed by atoms with van der Waals surface area (Å²) in [6.45, 7) is 4.02. The number of nitrogens with one attached hydrogen (secondary N) is 1. The van der Waals surface area contributed by atoms with Crippen molar-refractivity contribution in [2.24, 2.45) is 5.92 Å². The van der Waals surface area contributed by atoms with Gasteiger partial charge in [-0.05, 0) is 26.2 Å². The van der Waals surface area contributed by atoms with Gasteiger partial charge >= 0.3 is 0 Å². The number of nitrogens with zero attached hydrogens (tertiary/aromatic N) is 2. The first kappa shape index (κ1) is 16.2. The van der Waals surface area contributed by atoms with Gasteiger partial charge in [-0.2, -0.15) is 0 Å². The Morgan fingerprint density at radius 2 is 2.00 bits per heavy atom. The molecule has 0 radical (unpaired) electrons. The van der Waals surface area contributed by atoms with Gasteiger partial charge in [-0.1, -0.05) is 0 Å². The molecule has 0 aromatic carbocycles. The normalized spacial score (nSPS) is 26.7. The lowest BCUT2D eigenvalue weighted by atomic mass is 9.78. The first-order valence-electron chi connectivity index (χ1n) is 8.45. The van der Waals surface area contributed by atoms with Crippen LogP contribution < -0.4 is 5.32 Å². The summed E-state index contributed by atoms with van der Waals surface area (Å²) in [6.07, 6.45) is 2.89. The zero-order chi connectivity index (χ0) is 16.6. The van der Waals surface area contributed by atoms with Crippen molar-refractivity contribution in [2.45, 2.75) is 44.2 Å². The van der Waals surface area contributed by atoms with Crippen molar-refractivity contribution in [1.82, 2.24) is 15.1 Å². The molecule has 1 aliphatic carbocycles. The topological polar surface area (TPSA) is 79.0 Å². The second kappa shape index (κ2) is 6.11. The Hall–Kier alpha value is -1.63. The molecule has 3 aliphatic rings. The van der Waals surface area contributed by atoms with Gasteiger partial charge in [0.15, 0.2) is 0 Å². The summed E-state index contributed by atoms with van der Waals surface area (Å²) in [5.41, 5.74) is -0.612. The van der Waals surface area contributed by atoms with E-state index >= 15 is 0 Å². The fourth-order valence-corrected chi connectivity index (χ4v) is 3.76. The monoisotopic (exact) mass is 323 g/mol. The molecule has 2 saturated heterocycles. The third-order valence-corrected chi connectivity index (χ3v) is 5.34. The highest BCUT2D eigenvalue weighted by Crippen LogP contribution is 2.39. The van der Waals surface area contributed by atoms with Crippen LogP contribution >= 0.6 is 0 Å². The lowest BCUT2D eigenvalue weighted by Gasteiger charge is -2.50. The smallest absolute Gasteiger partial charge is 0.254 e. The summed E-state index contributed by atoms with van der Waals surface area (Å²) in [5.74, 6) is -0.272. The highest BCUT2D eigenvalue weighted by atomic mass is 16.5. The van der Waals surface area contributed by atoms with Crippen LogP contribution in [-0.4, -0.2) is 72.5 Å². The van der Waals surface area contributed by atoms with Crippen molar-refractivity contribution in [3.8, 4) is 0 Å². The van der Waals surface area contributed by atoms with E-state index in [0.717, 1.165) is 19.3 Å². The van der Waals surface area contributed by atoms with E-state index in [9.17, 15) is 14.4 Å². The van der Waals surface area contributed by atoms with Crippen molar-refractivity contribution in [2.75, 3.05) is 33.3 Å². The molecule has 1 unspecified atom stereocenters. The van der Waals surface area contributed by atoms with Crippen molar-refractivity contribution >= 4 is 17.7 Å². The Kier molecular flexibility index (Phi) is 4.31. The number of amides is 3. The molecule has 0 aromatic rings. The molecule has 0 bridgehead atoms. The number of carbonyl (C=O) groups excluding carboxylic acids is 3. The molecule has 1 N–H and O–H groups in total. The van der Waals surface area contributed by atoms with E-state index in [1.807, 2.05) is 6.92 Å². The van der Waals surface area contributed by atoms with Crippen molar-refractivity contribution in [1.29, 1.82) is 0 Å². The van der Waals surface area contributed by atoms with Crippen LogP contribution in [0.2, 0.25) is 0 Å². The lowest BCUT2D eigenvalue weighted by Crippen LogP contribution is -2.67. The predicted octanol–water partition coefficient (Wildman–Crippen LogP) is -0.249. The minimum absolute atomic E-state index is 0.0128. The molecule has 1 atom stereocenters. The van der Waals surface area contributed by atoms with Crippen LogP contribution in [0, 0.1) is 5.92 Å². The Morgan fingerprint density at radius 3 is 2.52 bits per heavy atom. The van der Waals surface area contributed by atoms with Crippen LogP contribution in [0.4, 0.5) is 0 Å². The number of carbonyl (C=O) groups is 3. The van der Waals surface area contributed by atoms with E-state index in [4.69, 9.17) is 4.74 Å². The van der Waals surface area contributed by atoms with Gasteiger partial charge in [0.1, 0.15) is 5.60 Å².